The summed E-state index contributed by atoms with van der Waals surface area (Å²) in [5, 5.41) is 13.0. The van der Waals surface area contributed by atoms with Gasteiger partial charge < -0.3 is 10.8 Å². The van der Waals surface area contributed by atoms with Crippen LogP contribution in [0.15, 0.2) is 28.7 Å². The SMILES string of the molecule is Nc1cc(-c2cc(Br)ccc2F)nn1CCO. The molecule has 0 fully saturated rings. The number of hydrogen-bond acceptors (Lipinski definition) is 3. The summed E-state index contributed by atoms with van der Waals surface area (Å²) in [7, 11) is 0. The van der Waals surface area contributed by atoms with Gasteiger partial charge in [0.1, 0.15) is 11.6 Å². The van der Waals surface area contributed by atoms with Crippen molar-refractivity contribution in [3.63, 3.8) is 0 Å². The molecule has 3 N–H and O–H groups in total. The maximum absolute atomic E-state index is 13.6. The van der Waals surface area contributed by atoms with Gasteiger partial charge in [0, 0.05) is 16.1 Å². The van der Waals surface area contributed by atoms with Gasteiger partial charge in [0.15, 0.2) is 0 Å². The Labute approximate surface area is 106 Å². The molecule has 0 atom stereocenters. The Balaban J connectivity index is 2.45. The van der Waals surface area contributed by atoms with Crippen molar-refractivity contribution >= 4 is 21.7 Å². The average Bonchev–Trinajstić information content (AvgIpc) is 2.64. The maximum Gasteiger partial charge on any atom is 0.132 e. The third kappa shape index (κ3) is 2.48. The molecule has 2 aromatic rings. The number of halogens is 2. The number of aromatic nitrogens is 2. The Morgan fingerprint density at radius 3 is 2.88 bits per heavy atom. The van der Waals surface area contributed by atoms with Crippen LogP contribution in [-0.2, 0) is 6.54 Å². The van der Waals surface area contributed by atoms with Gasteiger partial charge in [0.25, 0.3) is 0 Å². The van der Waals surface area contributed by atoms with Gasteiger partial charge in [0.2, 0.25) is 0 Å². The molecule has 1 heterocycles. The van der Waals surface area contributed by atoms with E-state index < -0.39 is 0 Å². The number of aliphatic hydroxyl groups excluding tert-OH is 1. The highest BCUT2D eigenvalue weighted by Crippen LogP contribution is 2.26. The van der Waals surface area contributed by atoms with Crippen molar-refractivity contribution in [1.29, 1.82) is 0 Å². The first-order chi connectivity index (χ1) is 8.11. The fourth-order valence-corrected chi connectivity index (χ4v) is 1.89. The summed E-state index contributed by atoms with van der Waals surface area (Å²) >= 11 is 3.28. The van der Waals surface area contributed by atoms with Crippen LogP contribution in [0.5, 0.6) is 0 Å². The molecule has 0 aliphatic rings. The lowest BCUT2D eigenvalue weighted by Gasteiger charge is -2.01. The molecule has 6 heteroatoms. The normalized spacial score (nSPS) is 10.8. The molecule has 4 nitrogen and oxygen atoms in total. The van der Waals surface area contributed by atoms with E-state index in [-0.39, 0.29) is 12.4 Å². The summed E-state index contributed by atoms with van der Waals surface area (Å²) in [6.45, 7) is 0.230. The summed E-state index contributed by atoms with van der Waals surface area (Å²) in [5.41, 5.74) is 6.54. The maximum atomic E-state index is 13.6. The second-order valence-electron chi connectivity index (χ2n) is 3.53. The van der Waals surface area contributed by atoms with Gasteiger partial charge in [-0.25, -0.2) is 9.07 Å². The van der Waals surface area contributed by atoms with Gasteiger partial charge in [0.05, 0.1) is 18.8 Å². The van der Waals surface area contributed by atoms with Gasteiger partial charge in [-0.15, -0.1) is 0 Å². The fourth-order valence-electron chi connectivity index (χ4n) is 1.53. The zero-order valence-electron chi connectivity index (χ0n) is 8.90. The van der Waals surface area contributed by atoms with Gasteiger partial charge in [-0.3, -0.25) is 0 Å². The van der Waals surface area contributed by atoms with Crippen LogP contribution in [0.1, 0.15) is 0 Å². The summed E-state index contributed by atoms with van der Waals surface area (Å²) < 4.78 is 15.8. The van der Waals surface area contributed by atoms with Crippen LogP contribution in [0.3, 0.4) is 0 Å². The number of anilines is 1. The molecule has 0 aliphatic carbocycles. The van der Waals surface area contributed by atoms with E-state index in [0.29, 0.717) is 23.6 Å². The Morgan fingerprint density at radius 2 is 2.18 bits per heavy atom. The van der Waals surface area contributed by atoms with E-state index in [4.69, 9.17) is 10.8 Å². The Morgan fingerprint density at radius 1 is 1.41 bits per heavy atom. The quantitative estimate of drug-likeness (QED) is 0.911. The van der Waals surface area contributed by atoms with E-state index in [2.05, 4.69) is 21.0 Å². The third-order valence-electron chi connectivity index (χ3n) is 2.33. The van der Waals surface area contributed by atoms with Crippen LogP contribution in [0, 0.1) is 5.82 Å². The summed E-state index contributed by atoms with van der Waals surface area (Å²) in [6, 6.07) is 6.20. The molecule has 0 amide bonds. The second kappa shape index (κ2) is 4.85. The van der Waals surface area contributed by atoms with Crippen molar-refractivity contribution in [2.24, 2.45) is 0 Å². The largest absolute Gasteiger partial charge is 0.394 e. The van der Waals surface area contributed by atoms with Crippen LogP contribution >= 0.6 is 15.9 Å². The standard InChI is InChI=1S/C11H11BrFN3O/c12-7-1-2-9(13)8(5-7)10-6-11(14)16(15-10)3-4-17/h1-2,5-6,17H,3-4,14H2. The number of hydrogen-bond donors (Lipinski definition) is 2. The summed E-state index contributed by atoms with van der Waals surface area (Å²) in [6.07, 6.45) is 0. The van der Waals surface area contributed by atoms with Crippen LogP contribution in [-0.4, -0.2) is 21.5 Å². The van der Waals surface area contributed by atoms with E-state index in [9.17, 15) is 4.39 Å². The lowest BCUT2D eigenvalue weighted by atomic mass is 10.1. The molecule has 90 valence electrons. The number of aliphatic hydroxyl groups is 1. The number of benzene rings is 1. The van der Waals surface area contributed by atoms with Crippen molar-refractivity contribution in [1.82, 2.24) is 9.78 Å². The minimum atomic E-state index is -0.359. The highest BCUT2D eigenvalue weighted by Gasteiger charge is 2.11. The van der Waals surface area contributed by atoms with Gasteiger partial charge in [-0.2, -0.15) is 5.10 Å². The number of nitrogen functional groups attached to an aromatic ring is 1. The van der Waals surface area contributed by atoms with Gasteiger partial charge in [-0.05, 0) is 18.2 Å². The zero-order chi connectivity index (χ0) is 12.4. The second-order valence-corrected chi connectivity index (χ2v) is 4.44. The van der Waals surface area contributed by atoms with E-state index in [0.717, 1.165) is 4.47 Å². The molecule has 0 radical (unpaired) electrons. The fraction of sp³-hybridized carbons (Fsp3) is 0.182. The van der Waals surface area contributed by atoms with Gasteiger partial charge >= 0.3 is 0 Å². The van der Waals surface area contributed by atoms with Crippen molar-refractivity contribution in [2.75, 3.05) is 12.3 Å². The lowest BCUT2D eigenvalue weighted by molar-refractivity contribution is 0.270. The molecule has 2 rings (SSSR count). The smallest absolute Gasteiger partial charge is 0.132 e. The summed E-state index contributed by atoms with van der Waals surface area (Å²) in [4.78, 5) is 0. The zero-order valence-corrected chi connectivity index (χ0v) is 10.5. The molecule has 0 spiro atoms. The van der Waals surface area contributed by atoms with E-state index in [1.807, 2.05) is 0 Å². The number of nitrogens with zero attached hydrogens (tertiary/aromatic N) is 2. The molecule has 0 bridgehead atoms. The average molecular weight is 300 g/mol. The third-order valence-corrected chi connectivity index (χ3v) is 2.82. The number of rotatable bonds is 3. The highest BCUT2D eigenvalue weighted by molar-refractivity contribution is 9.10. The number of nitrogens with two attached hydrogens (primary N) is 1. The molecule has 1 aromatic carbocycles. The van der Waals surface area contributed by atoms with Crippen molar-refractivity contribution < 1.29 is 9.50 Å². The summed E-state index contributed by atoms with van der Waals surface area (Å²) in [5.74, 6) is 0.0373. The van der Waals surface area contributed by atoms with E-state index in [1.54, 1.807) is 18.2 Å². The minimum Gasteiger partial charge on any atom is -0.394 e. The van der Waals surface area contributed by atoms with Crippen molar-refractivity contribution in [2.45, 2.75) is 6.54 Å². The monoisotopic (exact) mass is 299 g/mol. The van der Waals surface area contributed by atoms with Crippen LogP contribution in [0.25, 0.3) is 11.3 Å². The predicted molar refractivity (Wildman–Crippen MR) is 66.8 cm³/mol. The first-order valence-electron chi connectivity index (χ1n) is 5.01. The molecular formula is C11H11BrFN3O. The Kier molecular flexibility index (Phi) is 3.44. The Hall–Kier alpha value is -1.40. The molecule has 0 aliphatic heterocycles. The minimum absolute atomic E-state index is 0.0632. The molecule has 0 saturated heterocycles. The molecular weight excluding hydrogens is 289 g/mol. The van der Waals surface area contributed by atoms with Crippen molar-refractivity contribution in [3.05, 3.63) is 34.6 Å². The first-order valence-corrected chi connectivity index (χ1v) is 5.80. The molecule has 0 unspecified atom stereocenters. The van der Waals surface area contributed by atoms with E-state index in [1.165, 1.54) is 10.7 Å². The van der Waals surface area contributed by atoms with E-state index >= 15 is 0 Å². The van der Waals surface area contributed by atoms with Crippen LogP contribution < -0.4 is 5.73 Å². The molecule has 17 heavy (non-hydrogen) atoms. The van der Waals surface area contributed by atoms with Crippen LogP contribution in [0.4, 0.5) is 10.2 Å². The lowest BCUT2D eigenvalue weighted by Crippen LogP contribution is -2.07. The predicted octanol–water partition coefficient (Wildman–Crippen LogP) is 2.03. The highest BCUT2D eigenvalue weighted by atomic mass is 79.9. The van der Waals surface area contributed by atoms with Crippen LogP contribution in [0.2, 0.25) is 0 Å². The van der Waals surface area contributed by atoms with Crippen molar-refractivity contribution in [3.8, 4) is 11.3 Å². The van der Waals surface area contributed by atoms with Gasteiger partial charge in [-0.1, -0.05) is 15.9 Å². The molecule has 0 saturated carbocycles. The first kappa shape index (κ1) is 12.1. The topological polar surface area (TPSA) is 64.1 Å². The molecule has 1 aromatic heterocycles. The Bertz CT molecular complexity index is 542.